The summed E-state index contributed by atoms with van der Waals surface area (Å²) in [6.45, 7) is 0. The summed E-state index contributed by atoms with van der Waals surface area (Å²) in [7, 11) is 0. The van der Waals surface area contributed by atoms with E-state index in [-0.39, 0.29) is 27.9 Å². The number of carboxylic acids is 1. The summed E-state index contributed by atoms with van der Waals surface area (Å²) < 4.78 is 5.30. The Balaban J connectivity index is 2.23. The number of halogens is 1. The van der Waals surface area contributed by atoms with Crippen molar-refractivity contribution in [3.63, 3.8) is 0 Å². The van der Waals surface area contributed by atoms with Crippen molar-refractivity contribution < 1.29 is 19.6 Å². The van der Waals surface area contributed by atoms with Crippen LogP contribution in [0.25, 0.3) is 0 Å². The van der Waals surface area contributed by atoms with Gasteiger partial charge in [0.25, 0.3) is 5.69 Å². The molecule has 2 aromatic rings. The number of rotatable bonds is 4. The Bertz CT molecular complexity index is 672. The van der Waals surface area contributed by atoms with E-state index in [0.717, 1.165) is 6.20 Å². The molecule has 8 heteroatoms. The number of ether oxygens (including phenoxy) is 1. The van der Waals surface area contributed by atoms with Gasteiger partial charge in [-0.2, -0.15) is 0 Å². The first-order chi connectivity index (χ1) is 9.47. The molecule has 0 aliphatic heterocycles. The largest absolute Gasteiger partial charge is 0.478 e. The third-order valence-corrected chi connectivity index (χ3v) is 2.65. The maximum atomic E-state index is 10.9. The summed E-state index contributed by atoms with van der Waals surface area (Å²) in [6, 6.07) is 6.64. The minimum Gasteiger partial charge on any atom is -0.478 e. The standard InChI is InChI=1S/C12H7ClN2O5/c13-10-3-2-8(5-9(10)12(16)17)20-11-4-1-7(6-14-11)15(18)19/h1-6H,(H,16,17). The van der Waals surface area contributed by atoms with Crippen molar-refractivity contribution in [1.29, 1.82) is 0 Å². The van der Waals surface area contributed by atoms with Gasteiger partial charge in [-0.05, 0) is 18.2 Å². The van der Waals surface area contributed by atoms with Gasteiger partial charge in [0.2, 0.25) is 5.88 Å². The molecule has 0 amide bonds. The fourth-order valence-electron chi connectivity index (χ4n) is 1.39. The van der Waals surface area contributed by atoms with Crippen molar-refractivity contribution in [2.75, 3.05) is 0 Å². The van der Waals surface area contributed by atoms with Crippen LogP contribution in [0.3, 0.4) is 0 Å². The van der Waals surface area contributed by atoms with Crippen LogP contribution >= 0.6 is 11.6 Å². The maximum Gasteiger partial charge on any atom is 0.337 e. The zero-order valence-corrected chi connectivity index (χ0v) is 10.6. The number of carboxylic acid groups (broad SMARTS) is 1. The van der Waals surface area contributed by atoms with Gasteiger partial charge < -0.3 is 9.84 Å². The van der Waals surface area contributed by atoms with Crippen LogP contribution in [-0.4, -0.2) is 21.0 Å². The molecule has 0 saturated carbocycles. The highest BCUT2D eigenvalue weighted by molar-refractivity contribution is 6.33. The highest BCUT2D eigenvalue weighted by Gasteiger charge is 2.11. The number of pyridine rings is 1. The van der Waals surface area contributed by atoms with Crippen LogP contribution in [0.5, 0.6) is 11.6 Å². The first-order valence-electron chi connectivity index (χ1n) is 5.28. The third-order valence-electron chi connectivity index (χ3n) is 2.32. The molecule has 0 spiro atoms. The van der Waals surface area contributed by atoms with Crippen LogP contribution in [0.15, 0.2) is 36.5 Å². The molecule has 0 atom stereocenters. The molecule has 0 bridgehead atoms. The summed E-state index contributed by atoms with van der Waals surface area (Å²) in [5, 5.41) is 19.5. The number of aromatic nitrogens is 1. The second kappa shape index (κ2) is 5.54. The predicted octanol–water partition coefficient (Wildman–Crippen LogP) is 3.13. The highest BCUT2D eigenvalue weighted by Crippen LogP contribution is 2.26. The smallest absolute Gasteiger partial charge is 0.337 e. The number of aromatic carboxylic acids is 1. The number of carbonyl (C=O) groups is 1. The first kappa shape index (κ1) is 13.8. The lowest BCUT2D eigenvalue weighted by molar-refractivity contribution is -0.385. The summed E-state index contributed by atoms with van der Waals surface area (Å²) in [5.74, 6) is -0.862. The van der Waals surface area contributed by atoms with Crippen LogP contribution in [0, 0.1) is 10.1 Å². The molecule has 1 aromatic carbocycles. The lowest BCUT2D eigenvalue weighted by Crippen LogP contribution is -1.98. The Kier molecular flexibility index (Phi) is 3.81. The van der Waals surface area contributed by atoms with Crippen LogP contribution < -0.4 is 4.74 Å². The molecule has 0 aliphatic carbocycles. The zero-order valence-electron chi connectivity index (χ0n) is 9.82. The molecule has 102 valence electrons. The van der Waals surface area contributed by atoms with E-state index in [1.807, 2.05) is 0 Å². The molecule has 1 aromatic heterocycles. The van der Waals surface area contributed by atoms with Crippen LogP contribution in [0.4, 0.5) is 5.69 Å². The van der Waals surface area contributed by atoms with Crippen LogP contribution in [0.1, 0.15) is 10.4 Å². The molecule has 1 heterocycles. The fourth-order valence-corrected chi connectivity index (χ4v) is 1.59. The Labute approximate surface area is 117 Å². The minimum atomic E-state index is -1.18. The maximum absolute atomic E-state index is 10.9. The average molecular weight is 295 g/mol. The number of hydrogen-bond acceptors (Lipinski definition) is 5. The number of nitro groups is 1. The minimum absolute atomic E-state index is 0.0847. The summed E-state index contributed by atoms with van der Waals surface area (Å²) in [4.78, 5) is 24.6. The molecule has 0 saturated heterocycles. The molecule has 7 nitrogen and oxygen atoms in total. The van der Waals surface area contributed by atoms with Gasteiger partial charge in [0.05, 0.1) is 15.5 Å². The lowest BCUT2D eigenvalue weighted by atomic mass is 10.2. The molecule has 0 unspecified atom stereocenters. The molecule has 2 rings (SSSR count). The highest BCUT2D eigenvalue weighted by atomic mass is 35.5. The summed E-state index contributed by atoms with van der Waals surface area (Å²) in [6.07, 6.45) is 1.04. The number of benzene rings is 1. The van der Waals surface area contributed by atoms with E-state index >= 15 is 0 Å². The summed E-state index contributed by atoms with van der Waals surface area (Å²) >= 11 is 5.72. The average Bonchev–Trinajstić information content (AvgIpc) is 2.41. The molecule has 0 radical (unpaired) electrons. The van der Waals surface area contributed by atoms with E-state index in [4.69, 9.17) is 21.4 Å². The number of nitrogens with zero attached hydrogens (tertiary/aromatic N) is 2. The van der Waals surface area contributed by atoms with E-state index in [1.165, 1.54) is 30.3 Å². The van der Waals surface area contributed by atoms with Crippen LogP contribution in [0.2, 0.25) is 5.02 Å². The lowest BCUT2D eigenvalue weighted by Gasteiger charge is -2.06. The van der Waals surface area contributed by atoms with Crippen molar-refractivity contribution in [3.05, 3.63) is 57.2 Å². The normalized spacial score (nSPS) is 10.1. The number of hydrogen-bond donors (Lipinski definition) is 1. The topological polar surface area (TPSA) is 103 Å². The van der Waals surface area contributed by atoms with E-state index in [1.54, 1.807) is 0 Å². The Morgan fingerprint density at radius 1 is 1.35 bits per heavy atom. The van der Waals surface area contributed by atoms with Crippen molar-refractivity contribution in [1.82, 2.24) is 4.98 Å². The van der Waals surface area contributed by atoms with Crippen molar-refractivity contribution in [3.8, 4) is 11.6 Å². The van der Waals surface area contributed by atoms with Crippen molar-refractivity contribution in [2.45, 2.75) is 0 Å². The van der Waals surface area contributed by atoms with Gasteiger partial charge in [-0.25, -0.2) is 9.78 Å². The summed E-state index contributed by atoms with van der Waals surface area (Å²) in [5.41, 5.74) is -0.272. The first-order valence-corrected chi connectivity index (χ1v) is 5.66. The van der Waals surface area contributed by atoms with E-state index < -0.39 is 10.9 Å². The Hall–Kier alpha value is -2.67. The third kappa shape index (κ3) is 3.01. The van der Waals surface area contributed by atoms with E-state index in [2.05, 4.69) is 4.98 Å². The predicted molar refractivity (Wildman–Crippen MR) is 69.4 cm³/mol. The Morgan fingerprint density at radius 2 is 2.10 bits per heavy atom. The molecule has 1 N–H and O–H groups in total. The second-order valence-corrected chi connectivity index (χ2v) is 4.07. The van der Waals surface area contributed by atoms with Gasteiger partial charge in [0, 0.05) is 12.1 Å². The van der Waals surface area contributed by atoms with Gasteiger partial charge in [-0.15, -0.1) is 0 Å². The zero-order chi connectivity index (χ0) is 14.7. The molecular weight excluding hydrogens is 288 g/mol. The fraction of sp³-hybridized carbons (Fsp3) is 0. The van der Waals surface area contributed by atoms with Crippen molar-refractivity contribution in [2.24, 2.45) is 0 Å². The Morgan fingerprint density at radius 3 is 2.65 bits per heavy atom. The monoisotopic (exact) mass is 294 g/mol. The molecule has 0 fully saturated rings. The van der Waals surface area contributed by atoms with Gasteiger partial charge in [0.1, 0.15) is 11.9 Å². The molecule has 20 heavy (non-hydrogen) atoms. The van der Waals surface area contributed by atoms with Gasteiger partial charge in [-0.1, -0.05) is 11.6 Å². The van der Waals surface area contributed by atoms with E-state index in [0.29, 0.717) is 0 Å². The van der Waals surface area contributed by atoms with Gasteiger partial charge in [-0.3, -0.25) is 10.1 Å². The van der Waals surface area contributed by atoms with Crippen LogP contribution in [-0.2, 0) is 0 Å². The molecular formula is C12H7ClN2O5. The quantitative estimate of drug-likeness (QED) is 0.686. The van der Waals surface area contributed by atoms with Crippen molar-refractivity contribution >= 4 is 23.3 Å². The second-order valence-electron chi connectivity index (χ2n) is 3.66. The van der Waals surface area contributed by atoms with Gasteiger partial charge in [0.15, 0.2) is 0 Å². The molecule has 0 aliphatic rings. The van der Waals surface area contributed by atoms with E-state index in [9.17, 15) is 14.9 Å². The van der Waals surface area contributed by atoms with Gasteiger partial charge >= 0.3 is 5.97 Å². The SMILES string of the molecule is O=C(O)c1cc(Oc2ccc([N+](=O)[O-])cn2)ccc1Cl.